The first-order valence-corrected chi connectivity index (χ1v) is 10.3. The number of hydrogen-bond acceptors (Lipinski definition) is 4. The van der Waals surface area contributed by atoms with Gasteiger partial charge < -0.3 is 20.9 Å². The minimum absolute atomic E-state index is 0.151. The van der Waals surface area contributed by atoms with Gasteiger partial charge in [0, 0.05) is 30.5 Å². The lowest BCUT2D eigenvalue weighted by molar-refractivity contribution is 0.244. The van der Waals surface area contributed by atoms with E-state index < -0.39 is 0 Å². The molecule has 28 heavy (non-hydrogen) atoms. The Labute approximate surface area is 167 Å². The van der Waals surface area contributed by atoms with Crippen molar-refractivity contribution >= 4 is 28.9 Å². The van der Waals surface area contributed by atoms with E-state index in [1.807, 2.05) is 12.1 Å². The van der Waals surface area contributed by atoms with Crippen LogP contribution in [0.25, 0.3) is 0 Å². The number of carbonyl (C=O) groups excluding carboxylic acids is 1. The van der Waals surface area contributed by atoms with Gasteiger partial charge in [-0.3, -0.25) is 0 Å². The molecule has 1 aromatic carbocycles. The Morgan fingerprint density at radius 1 is 1.00 bits per heavy atom. The number of urea groups is 1. The molecule has 1 aliphatic carbocycles. The van der Waals surface area contributed by atoms with E-state index in [0.717, 1.165) is 37.4 Å². The number of aromatic nitrogens is 1. The van der Waals surface area contributed by atoms with Gasteiger partial charge in [0.1, 0.15) is 5.82 Å². The van der Waals surface area contributed by atoms with Gasteiger partial charge >= 0.3 is 6.03 Å². The number of benzene rings is 1. The molecule has 0 radical (unpaired) electrons. The van der Waals surface area contributed by atoms with E-state index in [4.69, 9.17) is 0 Å². The highest BCUT2D eigenvalue weighted by Gasteiger charge is 2.15. The minimum atomic E-state index is -0.151. The second-order valence-electron chi connectivity index (χ2n) is 7.21. The quantitative estimate of drug-likeness (QED) is 0.622. The molecule has 0 unspecified atom stereocenters. The molecule has 0 bridgehead atoms. The molecule has 0 aliphatic heterocycles. The smallest absolute Gasteiger partial charge is 0.319 e. The van der Waals surface area contributed by atoms with E-state index in [1.54, 1.807) is 6.20 Å². The Hall–Kier alpha value is -2.76. The molecule has 1 aliphatic rings. The molecule has 150 valence electrons. The van der Waals surface area contributed by atoms with Crippen molar-refractivity contribution in [1.82, 2.24) is 10.3 Å². The molecule has 3 rings (SSSR count). The molecule has 2 aromatic rings. The summed E-state index contributed by atoms with van der Waals surface area (Å²) in [6.45, 7) is 6.30. The summed E-state index contributed by atoms with van der Waals surface area (Å²) in [7, 11) is 0. The molecule has 1 heterocycles. The van der Waals surface area contributed by atoms with Gasteiger partial charge in [-0.05, 0) is 63.1 Å². The topological polar surface area (TPSA) is 69.3 Å². The molecule has 3 N–H and O–H groups in total. The molecule has 0 spiro atoms. The molecule has 6 heteroatoms. The molecule has 1 fully saturated rings. The normalized spacial score (nSPS) is 14.4. The van der Waals surface area contributed by atoms with Gasteiger partial charge in [-0.1, -0.05) is 19.3 Å². The fourth-order valence-corrected chi connectivity index (χ4v) is 3.63. The predicted molar refractivity (Wildman–Crippen MR) is 117 cm³/mol. The second kappa shape index (κ2) is 9.97. The average Bonchev–Trinajstić information content (AvgIpc) is 2.72. The summed E-state index contributed by atoms with van der Waals surface area (Å²) in [5.74, 6) is 0.744. The van der Waals surface area contributed by atoms with Crippen molar-refractivity contribution in [1.29, 1.82) is 0 Å². The summed E-state index contributed by atoms with van der Waals surface area (Å²) in [6.07, 6.45) is 7.48. The van der Waals surface area contributed by atoms with Crippen molar-refractivity contribution in [2.24, 2.45) is 0 Å². The van der Waals surface area contributed by atoms with E-state index in [-0.39, 0.29) is 6.03 Å². The number of hydrogen-bond donors (Lipinski definition) is 3. The van der Waals surface area contributed by atoms with Gasteiger partial charge in [-0.2, -0.15) is 0 Å². The van der Waals surface area contributed by atoms with Crippen LogP contribution in [0.2, 0.25) is 0 Å². The summed E-state index contributed by atoms with van der Waals surface area (Å²) >= 11 is 0. The third kappa shape index (κ3) is 5.62. The van der Waals surface area contributed by atoms with Crippen molar-refractivity contribution in [3.63, 3.8) is 0 Å². The molecule has 2 amide bonds. The molecule has 1 saturated carbocycles. The van der Waals surface area contributed by atoms with E-state index in [2.05, 4.69) is 63.9 Å². The highest BCUT2D eigenvalue weighted by Crippen LogP contribution is 2.21. The fraction of sp³-hybridized carbons (Fsp3) is 0.455. The Balaban J connectivity index is 1.51. The Morgan fingerprint density at radius 2 is 1.68 bits per heavy atom. The molecular formula is C22H31N5O. The van der Waals surface area contributed by atoms with Crippen molar-refractivity contribution in [3.05, 3.63) is 42.6 Å². The van der Waals surface area contributed by atoms with Crippen LogP contribution in [0, 0.1) is 0 Å². The highest BCUT2D eigenvalue weighted by atomic mass is 16.2. The van der Waals surface area contributed by atoms with E-state index in [0.29, 0.717) is 11.7 Å². The number of nitrogens with one attached hydrogen (secondary N) is 3. The third-order valence-corrected chi connectivity index (χ3v) is 5.23. The fourth-order valence-electron chi connectivity index (χ4n) is 3.63. The van der Waals surface area contributed by atoms with Crippen LogP contribution < -0.4 is 20.9 Å². The maximum absolute atomic E-state index is 12.1. The number of amides is 2. The first-order chi connectivity index (χ1) is 13.7. The van der Waals surface area contributed by atoms with Gasteiger partial charge in [-0.15, -0.1) is 0 Å². The summed E-state index contributed by atoms with van der Waals surface area (Å²) in [5.41, 5.74) is 2.89. The lowest BCUT2D eigenvalue weighted by Crippen LogP contribution is -2.39. The predicted octanol–water partition coefficient (Wildman–Crippen LogP) is 5.13. The zero-order chi connectivity index (χ0) is 19.8. The van der Waals surface area contributed by atoms with E-state index in [1.165, 1.54) is 24.9 Å². The number of rotatable bonds is 7. The molecule has 0 saturated heterocycles. The van der Waals surface area contributed by atoms with Gasteiger partial charge in [0.2, 0.25) is 0 Å². The summed E-state index contributed by atoms with van der Waals surface area (Å²) in [5, 5.41) is 9.21. The maximum Gasteiger partial charge on any atom is 0.319 e. The van der Waals surface area contributed by atoms with Crippen molar-refractivity contribution in [2.45, 2.75) is 52.0 Å². The molecule has 6 nitrogen and oxygen atoms in total. The van der Waals surface area contributed by atoms with E-state index >= 15 is 0 Å². The Kier molecular flexibility index (Phi) is 7.12. The largest absolute Gasteiger partial charge is 0.372 e. The standard InChI is InChI=1S/C22H31N5O/c1-3-27(4-2)20-13-10-18(11-14-20)24-21-15-12-19(16-23-21)26-22(28)25-17-8-6-5-7-9-17/h10-17H,3-9H2,1-2H3,(H,23,24)(H2,25,26,28). The van der Waals surface area contributed by atoms with Gasteiger partial charge in [-0.25, -0.2) is 9.78 Å². The Bertz CT molecular complexity index is 735. The van der Waals surface area contributed by atoms with Gasteiger partial charge in [0.15, 0.2) is 0 Å². The molecule has 1 aromatic heterocycles. The van der Waals surface area contributed by atoms with Crippen LogP contribution in [0.5, 0.6) is 0 Å². The maximum atomic E-state index is 12.1. The molecular weight excluding hydrogens is 350 g/mol. The van der Waals surface area contributed by atoms with Crippen LogP contribution in [0.15, 0.2) is 42.6 Å². The minimum Gasteiger partial charge on any atom is -0.372 e. The van der Waals surface area contributed by atoms with Crippen LogP contribution >= 0.6 is 0 Å². The van der Waals surface area contributed by atoms with Crippen molar-refractivity contribution < 1.29 is 4.79 Å². The summed E-state index contributed by atoms with van der Waals surface area (Å²) in [6, 6.07) is 12.2. The van der Waals surface area contributed by atoms with Crippen LogP contribution in [-0.2, 0) is 0 Å². The molecule has 0 atom stereocenters. The van der Waals surface area contributed by atoms with Crippen LogP contribution in [-0.4, -0.2) is 30.1 Å². The van der Waals surface area contributed by atoms with Crippen molar-refractivity contribution in [2.75, 3.05) is 28.6 Å². The zero-order valence-electron chi connectivity index (χ0n) is 16.9. The average molecular weight is 382 g/mol. The SMILES string of the molecule is CCN(CC)c1ccc(Nc2ccc(NC(=O)NC3CCCCC3)cn2)cc1. The number of nitrogens with zero attached hydrogens (tertiary/aromatic N) is 2. The number of pyridine rings is 1. The third-order valence-electron chi connectivity index (χ3n) is 5.23. The highest BCUT2D eigenvalue weighted by molar-refractivity contribution is 5.89. The van der Waals surface area contributed by atoms with Crippen LogP contribution in [0.4, 0.5) is 27.7 Å². The monoisotopic (exact) mass is 381 g/mol. The number of carbonyl (C=O) groups is 1. The zero-order valence-corrected chi connectivity index (χ0v) is 16.9. The summed E-state index contributed by atoms with van der Waals surface area (Å²) in [4.78, 5) is 18.8. The van der Waals surface area contributed by atoms with Crippen LogP contribution in [0.3, 0.4) is 0 Å². The lowest BCUT2D eigenvalue weighted by atomic mass is 9.96. The van der Waals surface area contributed by atoms with Gasteiger partial charge in [0.05, 0.1) is 11.9 Å². The van der Waals surface area contributed by atoms with Crippen molar-refractivity contribution in [3.8, 4) is 0 Å². The number of anilines is 4. The van der Waals surface area contributed by atoms with Gasteiger partial charge in [0.25, 0.3) is 0 Å². The first-order valence-electron chi connectivity index (χ1n) is 10.3. The first kappa shape index (κ1) is 20.0. The summed E-state index contributed by atoms with van der Waals surface area (Å²) < 4.78 is 0. The van der Waals surface area contributed by atoms with Crippen LogP contribution in [0.1, 0.15) is 46.0 Å². The van der Waals surface area contributed by atoms with E-state index in [9.17, 15) is 4.79 Å². The lowest BCUT2D eigenvalue weighted by Gasteiger charge is -2.22. The second-order valence-corrected chi connectivity index (χ2v) is 7.21. The Morgan fingerprint density at radius 3 is 2.29 bits per heavy atom.